The molecule has 0 bridgehead atoms. The number of hydrogen-bond acceptors (Lipinski definition) is 4. The summed E-state index contributed by atoms with van der Waals surface area (Å²) in [6.07, 6.45) is 8.89. The fourth-order valence-electron chi connectivity index (χ4n) is 6.39. The van der Waals surface area contributed by atoms with Crippen LogP contribution in [0.15, 0.2) is 11.6 Å². The molecule has 3 aliphatic rings. The van der Waals surface area contributed by atoms with Crippen molar-refractivity contribution in [3.8, 4) is 17.2 Å². The van der Waals surface area contributed by atoms with E-state index in [1.54, 1.807) is 13.8 Å². The van der Waals surface area contributed by atoms with Gasteiger partial charge in [0.2, 0.25) is 5.79 Å². The minimum Gasteiger partial charge on any atom is -0.506 e. The van der Waals surface area contributed by atoms with Crippen LogP contribution in [0.3, 0.4) is 0 Å². The van der Waals surface area contributed by atoms with E-state index in [4.69, 9.17) is 9.47 Å². The Balaban J connectivity index is 1.84. The molecule has 4 nitrogen and oxygen atoms in total. The number of benzene rings is 1. The summed E-state index contributed by atoms with van der Waals surface area (Å²) in [7, 11) is 0. The summed E-state index contributed by atoms with van der Waals surface area (Å²) in [6.45, 7) is 13.1. The molecule has 0 spiro atoms. The normalized spacial score (nSPS) is 33.4. The molecule has 2 fully saturated rings. The Bertz CT molecular complexity index is 879. The van der Waals surface area contributed by atoms with Gasteiger partial charge in [-0.1, -0.05) is 45.8 Å². The fraction of sp³-hybridized carbons (Fsp3) is 0.640. The van der Waals surface area contributed by atoms with E-state index in [9.17, 15) is 9.90 Å². The van der Waals surface area contributed by atoms with E-state index in [2.05, 4.69) is 33.8 Å². The third-order valence-corrected chi connectivity index (χ3v) is 7.72. The summed E-state index contributed by atoms with van der Waals surface area (Å²) in [6, 6.07) is 1.83. The molecule has 0 radical (unpaired) electrons. The molecule has 29 heavy (non-hydrogen) atoms. The van der Waals surface area contributed by atoms with E-state index >= 15 is 0 Å². The lowest BCUT2D eigenvalue weighted by atomic mass is 9.48. The van der Waals surface area contributed by atoms with E-state index in [1.165, 1.54) is 31.3 Å². The molecule has 3 atom stereocenters. The van der Waals surface area contributed by atoms with Gasteiger partial charge in [0.25, 0.3) is 0 Å². The summed E-state index contributed by atoms with van der Waals surface area (Å²) >= 11 is 0. The molecule has 1 heterocycles. The van der Waals surface area contributed by atoms with Gasteiger partial charge in [-0.3, -0.25) is 4.79 Å². The number of ether oxygens (including phenoxy) is 2. The maximum absolute atomic E-state index is 11.8. The zero-order valence-electron chi connectivity index (χ0n) is 18.6. The Labute approximate surface area is 174 Å². The van der Waals surface area contributed by atoms with Crippen LogP contribution in [0.1, 0.15) is 89.6 Å². The molecule has 4 rings (SSSR count). The quantitative estimate of drug-likeness (QED) is 0.589. The van der Waals surface area contributed by atoms with Gasteiger partial charge in [0, 0.05) is 19.4 Å². The van der Waals surface area contributed by atoms with E-state index in [-0.39, 0.29) is 16.7 Å². The molecule has 0 amide bonds. The molecule has 0 unspecified atom stereocenters. The zero-order valence-corrected chi connectivity index (χ0v) is 18.6. The second-order valence-corrected chi connectivity index (χ2v) is 10.7. The zero-order chi connectivity index (χ0) is 21.2. The molecule has 1 aliphatic heterocycles. The fourth-order valence-corrected chi connectivity index (χ4v) is 6.39. The predicted molar refractivity (Wildman–Crippen MR) is 114 cm³/mol. The first-order valence-electron chi connectivity index (χ1n) is 10.9. The largest absolute Gasteiger partial charge is 0.506 e. The molecule has 1 aromatic rings. The molecular formula is C25H34O4. The van der Waals surface area contributed by atoms with Crippen LogP contribution in [0.4, 0.5) is 0 Å². The number of allylic oxidation sites excluding steroid dienone is 1. The first-order valence-corrected chi connectivity index (χ1v) is 10.9. The van der Waals surface area contributed by atoms with Crippen LogP contribution in [-0.4, -0.2) is 17.2 Å². The van der Waals surface area contributed by atoms with Crippen molar-refractivity contribution in [3.63, 3.8) is 0 Å². The molecule has 1 N–H and O–H groups in total. The van der Waals surface area contributed by atoms with Gasteiger partial charge in [0.05, 0.1) is 0 Å². The number of fused-ring (bicyclic) bond motifs is 2. The van der Waals surface area contributed by atoms with Crippen LogP contribution < -0.4 is 9.47 Å². The highest BCUT2D eigenvalue weighted by atomic mass is 16.7. The predicted octanol–water partition coefficient (Wildman–Crippen LogP) is 6.36. The lowest BCUT2D eigenvalue weighted by molar-refractivity contribution is -0.0433. The van der Waals surface area contributed by atoms with Crippen molar-refractivity contribution in [3.05, 3.63) is 22.8 Å². The Morgan fingerprint density at radius 3 is 2.52 bits per heavy atom. The summed E-state index contributed by atoms with van der Waals surface area (Å²) in [5, 5.41) is 10.9. The second kappa shape index (κ2) is 6.52. The van der Waals surface area contributed by atoms with Gasteiger partial charge >= 0.3 is 0 Å². The highest BCUT2D eigenvalue weighted by Crippen LogP contribution is 2.61. The minimum absolute atomic E-state index is 0.0134. The molecule has 1 aromatic carbocycles. The number of rotatable bonds is 2. The van der Waals surface area contributed by atoms with Crippen molar-refractivity contribution in [2.24, 2.45) is 22.7 Å². The van der Waals surface area contributed by atoms with Crippen molar-refractivity contribution in [1.29, 1.82) is 0 Å². The lowest BCUT2D eigenvalue weighted by Gasteiger charge is -2.56. The second-order valence-electron chi connectivity index (χ2n) is 10.7. The molecular weight excluding hydrogens is 364 g/mol. The Morgan fingerprint density at radius 2 is 1.83 bits per heavy atom. The Hall–Kier alpha value is -1.97. The van der Waals surface area contributed by atoms with Crippen molar-refractivity contribution in [2.45, 2.75) is 79.4 Å². The van der Waals surface area contributed by atoms with Crippen molar-refractivity contribution < 1.29 is 19.4 Å². The number of phenols is 1. The van der Waals surface area contributed by atoms with Crippen LogP contribution in [0.2, 0.25) is 0 Å². The van der Waals surface area contributed by atoms with Gasteiger partial charge in [-0.05, 0) is 54.4 Å². The van der Waals surface area contributed by atoms with Gasteiger partial charge in [0.15, 0.2) is 17.8 Å². The number of carbonyl (C=O) groups excluding carboxylic acids is 1. The topological polar surface area (TPSA) is 55.8 Å². The summed E-state index contributed by atoms with van der Waals surface area (Å²) in [4.78, 5) is 11.8. The van der Waals surface area contributed by atoms with Crippen molar-refractivity contribution in [2.75, 3.05) is 0 Å². The Kier molecular flexibility index (Phi) is 4.56. The van der Waals surface area contributed by atoms with Crippen LogP contribution in [-0.2, 0) is 0 Å². The number of carbonyl (C=O) groups is 1. The number of hydrogen-bond donors (Lipinski definition) is 1. The van der Waals surface area contributed by atoms with Crippen LogP contribution in [0.5, 0.6) is 17.2 Å². The van der Waals surface area contributed by atoms with Crippen LogP contribution >= 0.6 is 0 Å². The maximum atomic E-state index is 11.8. The smallest absolute Gasteiger partial charge is 0.246 e. The summed E-state index contributed by atoms with van der Waals surface area (Å²) in [5.41, 5.74) is 2.66. The van der Waals surface area contributed by atoms with Gasteiger partial charge in [-0.25, -0.2) is 0 Å². The van der Waals surface area contributed by atoms with Gasteiger partial charge < -0.3 is 14.6 Å². The molecule has 4 heteroatoms. The highest BCUT2D eigenvalue weighted by Gasteiger charge is 2.51. The van der Waals surface area contributed by atoms with Crippen LogP contribution in [0.25, 0.3) is 6.08 Å². The number of phenolic OH excluding ortho intramolecular Hbond substituents is 1. The Morgan fingerprint density at radius 1 is 1.10 bits per heavy atom. The molecule has 158 valence electrons. The van der Waals surface area contributed by atoms with Crippen molar-refractivity contribution >= 4 is 12.4 Å². The average molecular weight is 399 g/mol. The maximum Gasteiger partial charge on any atom is 0.246 e. The SMILES string of the molecule is C[C@@H]1CC[C@H]2C(C)(C)CCC[C@]2(C)/C1=C/c1cc2c(c(C=O)c1O)OC(C)(C)O2. The highest BCUT2D eigenvalue weighted by molar-refractivity contribution is 5.89. The lowest BCUT2D eigenvalue weighted by Crippen LogP contribution is -2.47. The third kappa shape index (κ3) is 3.15. The van der Waals surface area contributed by atoms with E-state index in [0.717, 1.165) is 6.42 Å². The standard InChI is InChI=1S/C25H34O4/c1-15-8-9-20-23(2,3)10-7-11-25(20,6)18(15)12-16-13-19-22(17(14-26)21(16)27)29-24(4,5)28-19/h12-15,20,27H,7-11H2,1-6H3/b18-12+/t15-,20+,25-/m1/s1. The van der Waals surface area contributed by atoms with Crippen LogP contribution in [0, 0.1) is 22.7 Å². The monoisotopic (exact) mass is 398 g/mol. The third-order valence-electron chi connectivity index (χ3n) is 7.72. The van der Waals surface area contributed by atoms with Gasteiger partial charge in [-0.15, -0.1) is 0 Å². The minimum atomic E-state index is -0.846. The summed E-state index contributed by atoms with van der Waals surface area (Å²) < 4.78 is 11.7. The summed E-state index contributed by atoms with van der Waals surface area (Å²) in [5.74, 6) is 1.08. The molecule has 0 saturated heterocycles. The first-order chi connectivity index (χ1) is 13.5. The number of aromatic hydroxyl groups is 1. The molecule has 2 saturated carbocycles. The van der Waals surface area contributed by atoms with E-state index in [0.29, 0.717) is 40.6 Å². The average Bonchev–Trinajstić information content (AvgIpc) is 2.91. The number of aldehydes is 1. The molecule has 2 aliphatic carbocycles. The van der Waals surface area contributed by atoms with E-state index in [1.807, 2.05) is 6.07 Å². The van der Waals surface area contributed by atoms with Gasteiger partial charge in [0.1, 0.15) is 11.3 Å². The van der Waals surface area contributed by atoms with Gasteiger partial charge in [-0.2, -0.15) is 0 Å². The van der Waals surface area contributed by atoms with Crippen molar-refractivity contribution in [1.82, 2.24) is 0 Å². The van der Waals surface area contributed by atoms with E-state index < -0.39 is 5.79 Å². The first kappa shape index (κ1) is 20.3. The molecule has 0 aromatic heterocycles.